The number of carbonyl (C=O) groups is 1. The smallest absolute Gasteiger partial charge is 0.255 e. The molecule has 1 saturated heterocycles. The monoisotopic (exact) mass is 379 g/mol. The minimum absolute atomic E-state index is 0.113. The van der Waals surface area contributed by atoms with Gasteiger partial charge in [0.05, 0.1) is 11.8 Å². The maximum atomic E-state index is 12.2. The summed E-state index contributed by atoms with van der Waals surface area (Å²) in [5.74, 6) is -0.113. The van der Waals surface area contributed by atoms with E-state index in [0.29, 0.717) is 11.7 Å². The molecule has 1 aliphatic rings. The van der Waals surface area contributed by atoms with Gasteiger partial charge in [-0.05, 0) is 37.1 Å². The molecule has 0 aliphatic carbocycles. The Labute approximate surface area is 162 Å². The van der Waals surface area contributed by atoms with Crippen LogP contribution in [-0.4, -0.2) is 30.1 Å². The van der Waals surface area contributed by atoms with Gasteiger partial charge in [-0.15, -0.1) is 11.3 Å². The molecule has 2 aromatic carbocycles. The number of anilines is 2. The van der Waals surface area contributed by atoms with Crippen LogP contribution in [0.25, 0.3) is 11.3 Å². The molecule has 2 N–H and O–H groups in total. The summed E-state index contributed by atoms with van der Waals surface area (Å²) in [5.41, 5.74) is 3.35. The van der Waals surface area contributed by atoms with Crippen LogP contribution in [-0.2, 0) is 4.74 Å². The SMILES string of the molecule is O=C(Nc1ccc(-c2csc(NC[C@H]3CCCO3)n2)cc1)c1ccccc1. The van der Waals surface area contributed by atoms with Gasteiger partial charge in [-0.3, -0.25) is 4.79 Å². The number of benzene rings is 2. The summed E-state index contributed by atoms with van der Waals surface area (Å²) in [5, 5.41) is 9.21. The first kappa shape index (κ1) is 17.7. The summed E-state index contributed by atoms with van der Waals surface area (Å²) in [6.45, 7) is 1.67. The molecule has 0 saturated carbocycles. The number of hydrogen-bond acceptors (Lipinski definition) is 5. The number of amides is 1. The van der Waals surface area contributed by atoms with Crippen LogP contribution in [0.5, 0.6) is 0 Å². The van der Waals surface area contributed by atoms with Crippen LogP contribution < -0.4 is 10.6 Å². The zero-order valence-electron chi connectivity index (χ0n) is 14.9. The number of carbonyl (C=O) groups excluding carboxylic acids is 1. The van der Waals surface area contributed by atoms with Crippen molar-refractivity contribution in [3.63, 3.8) is 0 Å². The van der Waals surface area contributed by atoms with E-state index in [0.717, 1.165) is 48.1 Å². The molecule has 0 spiro atoms. The fourth-order valence-corrected chi connectivity index (χ4v) is 3.74. The molecule has 0 unspecified atom stereocenters. The van der Waals surface area contributed by atoms with Gasteiger partial charge in [0.1, 0.15) is 0 Å². The van der Waals surface area contributed by atoms with Crippen LogP contribution in [0.3, 0.4) is 0 Å². The molecule has 6 heteroatoms. The van der Waals surface area contributed by atoms with Gasteiger partial charge >= 0.3 is 0 Å². The molecule has 27 heavy (non-hydrogen) atoms. The van der Waals surface area contributed by atoms with Crippen molar-refractivity contribution in [2.24, 2.45) is 0 Å². The highest BCUT2D eigenvalue weighted by Crippen LogP contribution is 2.26. The molecule has 2 heterocycles. The van der Waals surface area contributed by atoms with Crippen LogP contribution in [0.2, 0.25) is 0 Å². The number of nitrogens with one attached hydrogen (secondary N) is 2. The molecule has 1 aliphatic heterocycles. The van der Waals surface area contributed by atoms with E-state index in [2.05, 4.69) is 15.6 Å². The van der Waals surface area contributed by atoms with Crippen molar-refractivity contribution >= 4 is 28.1 Å². The first-order valence-corrected chi connectivity index (χ1v) is 9.94. The summed E-state index contributed by atoms with van der Waals surface area (Å²) >= 11 is 1.59. The highest BCUT2D eigenvalue weighted by Gasteiger charge is 2.15. The lowest BCUT2D eigenvalue weighted by Crippen LogP contribution is -2.18. The lowest BCUT2D eigenvalue weighted by atomic mass is 10.1. The molecule has 1 fully saturated rings. The number of thiazole rings is 1. The quantitative estimate of drug-likeness (QED) is 0.654. The first-order chi connectivity index (χ1) is 13.3. The maximum Gasteiger partial charge on any atom is 0.255 e. The van der Waals surface area contributed by atoms with Crippen molar-refractivity contribution in [3.05, 3.63) is 65.5 Å². The number of nitrogens with zero attached hydrogens (tertiary/aromatic N) is 1. The van der Waals surface area contributed by atoms with E-state index in [-0.39, 0.29) is 5.91 Å². The van der Waals surface area contributed by atoms with Crippen LogP contribution >= 0.6 is 11.3 Å². The lowest BCUT2D eigenvalue weighted by Gasteiger charge is -2.09. The van der Waals surface area contributed by atoms with Crippen molar-refractivity contribution in [1.82, 2.24) is 4.98 Å². The van der Waals surface area contributed by atoms with Crippen molar-refractivity contribution in [2.75, 3.05) is 23.8 Å². The van der Waals surface area contributed by atoms with Crippen LogP contribution in [0.1, 0.15) is 23.2 Å². The lowest BCUT2D eigenvalue weighted by molar-refractivity contribution is 0.102. The molecule has 138 valence electrons. The van der Waals surface area contributed by atoms with Crippen LogP contribution in [0.4, 0.5) is 10.8 Å². The van der Waals surface area contributed by atoms with E-state index < -0.39 is 0 Å². The van der Waals surface area contributed by atoms with Gasteiger partial charge in [-0.1, -0.05) is 30.3 Å². The normalized spacial score (nSPS) is 16.2. The summed E-state index contributed by atoms with van der Waals surface area (Å²) in [6.07, 6.45) is 2.55. The average Bonchev–Trinajstić information content (AvgIpc) is 3.40. The number of ether oxygens (including phenoxy) is 1. The second-order valence-electron chi connectivity index (χ2n) is 6.45. The number of rotatable bonds is 6. The zero-order chi connectivity index (χ0) is 18.5. The van der Waals surface area contributed by atoms with Gasteiger partial charge in [0, 0.05) is 35.3 Å². The van der Waals surface area contributed by atoms with E-state index in [1.165, 1.54) is 0 Å². The topological polar surface area (TPSA) is 63.2 Å². The molecule has 1 aromatic heterocycles. The van der Waals surface area contributed by atoms with E-state index >= 15 is 0 Å². The van der Waals surface area contributed by atoms with E-state index in [9.17, 15) is 4.79 Å². The predicted molar refractivity (Wildman–Crippen MR) is 109 cm³/mol. The van der Waals surface area contributed by atoms with Crippen LogP contribution in [0.15, 0.2) is 60.0 Å². The third-order valence-corrected chi connectivity index (χ3v) is 5.28. The Bertz CT molecular complexity index is 887. The van der Waals surface area contributed by atoms with Gasteiger partial charge in [-0.2, -0.15) is 0 Å². The minimum Gasteiger partial charge on any atom is -0.376 e. The van der Waals surface area contributed by atoms with Crippen molar-refractivity contribution in [3.8, 4) is 11.3 Å². The standard InChI is InChI=1S/C21H21N3O2S/c25-20(16-5-2-1-3-6-16)23-17-10-8-15(9-11-17)19-14-27-21(24-19)22-13-18-7-4-12-26-18/h1-3,5-6,8-11,14,18H,4,7,12-13H2,(H,22,24)(H,23,25)/t18-/m1/s1. The van der Waals surface area contributed by atoms with Gasteiger partial charge < -0.3 is 15.4 Å². The third kappa shape index (κ3) is 4.53. The first-order valence-electron chi connectivity index (χ1n) is 9.06. The fraction of sp³-hybridized carbons (Fsp3) is 0.238. The molecule has 0 bridgehead atoms. The summed E-state index contributed by atoms with van der Waals surface area (Å²) < 4.78 is 5.62. The Morgan fingerprint density at radius 1 is 1.15 bits per heavy atom. The Kier molecular flexibility index (Phi) is 5.46. The molecule has 5 nitrogen and oxygen atoms in total. The molecular formula is C21H21N3O2S. The summed E-state index contributed by atoms with van der Waals surface area (Å²) in [6, 6.07) is 16.9. The van der Waals surface area contributed by atoms with Crippen molar-refractivity contribution in [2.45, 2.75) is 18.9 Å². The predicted octanol–water partition coefficient (Wildman–Crippen LogP) is 4.65. The molecular weight excluding hydrogens is 358 g/mol. The molecule has 4 rings (SSSR count). The van der Waals surface area contributed by atoms with Gasteiger partial charge in [0.2, 0.25) is 0 Å². The Hall–Kier alpha value is -2.70. The highest BCUT2D eigenvalue weighted by atomic mass is 32.1. The van der Waals surface area contributed by atoms with Crippen molar-refractivity contribution in [1.29, 1.82) is 0 Å². The highest BCUT2D eigenvalue weighted by molar-refractivity contribution is 7.14. The second-order valence-corrected chi connectivity index (χ2v) is 7.31. The van der Waals surface area contributed by atoms with Gasteiger partial charge in [0.25, 0.3) is 5.91 Å². The van der Waals surface area contributed by atoms with Crippen LogP contribution in [0, 0.1) is 0 Å². The second kappa shape index (κ2) is 8.33. The van der Waals surface area contributed by atoms with E-state index in [1.54, 1.807) is 23.5 Å². The number of hydrogen-bond donors (Lipinski definition) is 2. The average molecular weight is 379 g/mol. The van der Waals surface area contributed by atoms with E-state index in [1.807, 2.05) is 47.8 Å². The number of aromatic nitrogens is 1. The molecule has 0 radical (unpaired) electrons. The zero-order valence-corrected chi connectivity index (χ0v) is 15.7. The molecule has 1 amide bonds. The van der Waals surface area contributed by atoms with Gasteiger partial charge in [0.15, 0.2) is 5.13 Å². The third-order valence-electron chi connectivity index (χ3n) is 4.48. The molecule has 1 atom stereocenters. The Morgan fingerprint density at radius 2 is 1.96 bits per heavy atom. The maximum absolute atomic E-state index is 12.2. The van der Waals surface area contributed by atoms with Crippen molar-refractivity contribution < 1.29 is 9.53 Å². The molecule has 3 aromatic rings. The van der Waals surface area contributed by atoms with E-state index in [4.69, 9.17) is 4.74 Å². The minimum atomic E-state index is -0.113. The summed E-state index contributed by atoms with van der Waals surface area (Å²) in [4.78, 5) is 16.9. The Balaban J connectivity index is 1.36. The summed E-state index contributed by atoms with van der Waals surface area (Å²) in [7, 11) is 0. The largest absolute Gasteiger partial charge is 0.376 e. The fourth-order valence-electron chi connectivity index (χ4n) is 3.01. The van der Waals surface area contributed by atoms with Gasteiger partial charge in [-0.25, -0.2) is 4.98 Å². The Morgan fingerprint density at radius 3 is 2.70 bits per heavy atom.